The van der Waals surface area contributed by atoms with E-state index in [1.807, 2.05) is 0 Å². The smallest absolute Gasteiger partial charge is 0.271 e. The van der Waals surface area contributed by atoms with Gasteiger partial charge in [0.2, 0.25) is 0 Å². The maximum atomic E-state index is 12.0. The molecule has 0 saturated carbocycles. The van der Waals surface area contributed by atoms with Crippen LogP contribution in [0.2, 0.25) is 0 Å². The van der Waals surface area contributed by atoms with E-state index in [1.165, 1.54) is 23.0 Å². The molecule has 3 rings (SSSR count). The first-order chi connectivity index (χ1) is 13.1. The van der Waals surface area contributed by atoms with Crippen LogP contribution in [0, 0.1) is 13.8 Å². The van der Waals surface area contributed by atoms with E-state index >= 15 is 0 Å². The first-order valence-corrected chi connectivity index (χ1v) is 9.25. The second-order valence-electron chi connectivity index (χ2n) is 6.70. The van der Waals surface area contributed by atoms with Gasteiger partial charge in [0.15, 0.2) is 0 Å². The van der Waals surface area contributed by atoms with Crippen LogP contribution < -0.4 is 15.1 Å². The molecule has 1 fully saturated rings. The van der Waals surface area contributed by atoms with Crippen molar-refractivity contribution in [1.29, 1.82) is 0 Å². The molecule has 1 aromatic heterocycles. The minimum absolute atomic E-state index is 0.231. The minimum Gasteiger partial charge on any atom is -0.383 e. The fourth-order valence-electron chi connectivity index (χ4n) is 3.21. The Kier molecular flexibility index (Phi) is 6.24. The van der Waals surface area contributed by atoms with Crippen molar-refractivity contribution in [1.82, 2.24) is 15.3 Å². The number of aryl methyl sites for hydroxylation is 1. The fraction of sp³-hybridized carbons (Fsp3) is 0.450. The molecule has 0 atom stereocenters. The molecule has 0 unspecified atom stereocenters. The Balaban J connectivity index is 1.58. The van der Waals surface area contributed by atoms with Crippen molar-refractivity contribution in [3.63, 3.8) is 0 Å². The SMILES string of the molecule is COCCNC(=O)c1cnc(N2CCN(c3cccc(C)c3C)CC2)cn1. The zero-order valence-electron chi connectivity index (χ0n) is 16.2. The first kappa shape index (κ1) is 19.1. The molecule has 0 spiro atoms. The van der Waals surface area contributed by atoms with Crippen molar-refractivity contribution < 1.29 is 9.53 Å². The summed E-state index contributed by atoms with van der Waals surface area (Å²) in [6.45, 7) is 8.89. The zero-order chi connectivity index (χ0) is 19.2. The van der Waals surface area contributed by atoms with Gasteiger partial charge < -0.3 is 19.9 Å². The monoisotopic (exact) mass is 369 g/mol. The van der Waals surface area contributed by atoms with Gasteiger partial charge in [-0.25, -0.2) is 9.97 Å². The van der Waals surface area contributed by atoms with Gasteiger partial charge >= 0.3 is 0 Å². The molecule has 2 heterocycles. The quantitative estimate of drug-likeness (QED) is 0.783. The fourth-order valence-corrected chi connectivity index (χ4v) is 3.21. The topological polar surface area (TPSA) is 70.6 Å². The van der Waals surface area contributed by atoms with E-state index in [2.05, 4.69) is 57.1 Å². The molecule has 0 bridgehead atoms. The number of ether oxygens (including phenoxy) is 1. The van der Waals surface area contributed by atoms with Crippen molar-refractivity contribution in [3.05, 3.63) is 47.4 Å². The molecular formula is C20H27N5O2. The highest BCUT2D eigenvalue weighted by Crippen LogP contribution is 2.24. The molecule has 144 valence electrons. The van der Waals surface area contributed by atoms with Crippen LogP contribution in [-0.4, -0.2) is 62.3 Å². The van der Waals surface area contributed by atoms with Crippen LogP contribution in [0.25, 0.3) is 0 Å². The number of nitrogens with zero attached hydrogens (tertiary/aromatic N) is 4. The minimum atomic E-state index is -0.231. The Bertz CT molecular complexity index is 770. The third-order valence-corrected chi connectivity index (χ3v) is 4.98. The molecule has 0 radical (unpaired) electrons. The van der Waals surface area contributed by atoms with Crippen molar-refractivity contribution >= 4 is 17.4 Å². The molecular weight excluding hydrogens is 342 g/mol. The van der Waals surface area contributed by atoms with Crippen molar-refractivity contribution in [2.75, 3.05) is 56.2 Å². The maximum absolute atomic E-state index is 12.0. The average Bonchev–Trinajstić information content (AvgIpc) is 2.70. The van der Waals surface area contributed by atoms with Gasteiger partial charge in [-0.05, 0) is 31.0 Å². The van der Waals surface area contributed by atoms with Gasteiger partial charge in [-0.2, -0.15) is 0 Å². The molecule has 27 heavy (non-hydrogen) atoms. The molecule has 2 aromatic rings. The van der Waals surface area contributed by atoms with Crippen LogP contribution in [0.1, 0.15) is 21.6 Å². The maximum Gasteiger partial charge on any atom is 0.271 e. The highest BCUT2D eigenvalue weighted by Gasteiger charge is 2.20. The lowest BCUT2D eigenvalue weighted by Crippen LogP contribution is -2.47. The summed E-state index contributed by atoms with van der Waals surface area (Å²) in [6.07, 6.45) is 3.22. The van der Waals surface area contributed by atoms with Gasteiger partial charge in [0.05, 0.1) is 19.0 Å². The summed E-state index contributed by atoms with van der Waals surface area (Å²) in [5.41, 5.74) is 4.29. The number of rotatable bonds is 6. The zero-order valence-corrected chi connectivity index (χ0v) is 16.2. The summed E-state index contributed by atoms with van der Waals surface area (Å²) < 4.78 is 4.92. The lowest BCUT2D eigenvalue weighted by Gasteiger charge is -2.37. The van der Waals surface area contributed by atoms with Crippen LogP contribution in [0.5, 0.6) is 0 Å². The summed E-state index contributed by atoms with van der Waals surface area (Å²) in [4.78, 5) is 25.3. The van der Waals surface area contributed by atoms with Gasteiger partial charge in [0.1, 0.15) is 11.5 Å². The molecule has 7 heteroatoms. The number of benzene rings is 1. The van der Waals surface area contributed by atoms with Gasteiger partial charge in [0, 0.05) is 45.5 Å². The predicted molar refractivity (Wildman–Crippen MR) is 107 cm³/mol. The van der Waals surface area contributed by atoms with Gasteiger partial charge in [-0.1, -0.05) is 12.1 Å². The second kappa shape index (κ2) is 8.81. The Morgan fingerprint density at radius 1 is 1.11 bits per heavy atom. The predicted octanol–water partition coefficient (Wildman–Crippen LogP) is 1.80. The average molecular weight is 369 g/mol. The molecule has 1 aliphatic rings. The molecule has 7 nitrogen and oxygen atoms in total. The normalized spacial score (nSPS) is 14.3. The first-order valence-electron chi connectivity index (χ1n) is 9.25. The molecule has 1 aromatic carbocycles. The molecule has 0 aliphatic carbocycles. The largest absolute Gasteiger partial charge is 0.383 e. The third-order valence-electron chi connectivity index (χ3n) is 4.98. The standard InChI is InChI=1S/C20H27N5O2/c1-15-5-4-6-18(16(15)2)24-8-10-25(11-9-24)19-14-22-17(13-23-19)20(26)21-7-12-27-3/h4-6,13-14H,7-12H2,1-3H3,(H,21,26). The Morgan fingerprint density at radius 3 is 2.52 bits per heavy atom. The number of nitrogens with one attached hydrogen (secondary N) is 1. The van der Waals surface area contributed by atoms with E-state index < -0.39 is 0 Å². The van der Waals surface area contributed by atoms with E-state index in [-0.39, 0.29) is 5.91 Å². The van der Waals surface area contributed by atoms with Gasteiger partial charge in [0.25, 0.3) is 5.91 Å². The summed E-state index contributed by atoms with van der Waals surface area (Å²) in [7, 11) is 1.60. The Morgan fingerprint density at radius 2 is 1.85 bits per heavy atom. The van der Waals surface area contributed by atoms with Crippen LogP contribution in [0.15, 0.2) is 30.6 Å². The number of piperazine rings is 1. The lowest BCUT2D eigenvalue weighted by atomic mass is 10.1. The van der Waals surface area contributed by atoms with Crippen molar-refractivity contribution in [2.45, 2.75) is 13.8 Å². The molecule has 1 N–H and O–H groups in total. The number of hydrogen-bond acceptors (Lipinski definition) is 6. The van der Waals surface area contributed by atoms with E-state index in [9.17, 15) is 4.79 Å². The molecule has 1 aliphatic heterocycles. The van der Waals surface area contributed by atoms with Gasteiger partial charge in [-0.15, -0.1) is 0 Å². The summed E-state index contributed by atoms with van der Waals surface area (Å²) in [5, 5.41) is 2.75. The summed E-state index contributed by atoms with van der Waals surface area (Å²) in [6, 6.07) is 6.46. The number of carbonyl (C=O) groups is 1. The van der Waals surface area contributed by atoms with Crippen LogP contribution in [0.4, 0.5) is 11.5 Å². The third kappa shape index (κ3) is 4.54. The van der Waals surface area contributed by atoms with Gasteiger partial charge in [-0.3, -0.25) is 4.79 Å². The Labute approximate surface area is 160 Å². The van der Waals surface area contributed by atoms with E-state index in [0.717, 1.165) is 32.0 Å². The number of carbonyl (C=O) groups excluding carboxylic acids is 1. The Hall–Kier alpha value is -2.67. The van der Waals surface area contributed by atoms with E-state index in [4.69, 9.17) is 4.74 Å². The number of hydrogen-bond donors (Lipinski definition) is 1. The number of methoxy groups -OCH3 is 1. The summed E-state index contributed by atoms with van der Waals surface area (Å²) >= 11 is 0. The lowest BCUT2D eigenvalue weighted by molar-refractivity contribution is 0.0931. The van der Waals surface area contributed by atoms with E-state index in [0.29, 0.717) is 18.8 Å². The molecule has 1 amide bonds. The highest BCUT2D eigenvalue weighted by atomic mass is 16.5. The van der Waals surface area contributed by atoms with Crippen LogP contribution in [-0.2, 0) is 4.74 Å². The van der Waals surface area contributed by atoms with Crippen LogP contribution in [0.3, 0.4) is 0 Å². The van der Waals surface area contributed by atoms with Crippen molar-refractivity contribution in [2.24, 2.45) is 0 Å². The number of amides is 1. The second-order valence-corrected chi connectivity index (χ2v) is 6.70. The van der Waals surface area contributed by atoms with Crippen LogP contribution >= 0.6 is 0 Å². The number of anilines is 2. The summed E-state index contributed by atoms with van der Waals surface area (Å²) in [5.74, 6) is 0.579. The van der Waals surface area contributed by atoms with Crippen molar-refractivity contribution in [3.8, 4) is 0 Å². The molecule has 1 saturated heterocycles. The highest BCUT2D eigenvalue weighted by molar-refractivity contribution is 5.92. The van der Waals surface area contributed by atoms with E-state index in [1.54, 1.807) is 13.3 Å². The number of aromatic nitrogens is 2.